The van der Waals surface area contributed by atoms with Gasteiger partial charge >= 0.3 is 5.97 Å². The average molecular weight is 321 g/mol. The highest BCUT2D eigenvalue weighted by atomic mass is 16.6. The van der Waals surface area contributed by atoms with Crippen molar-refractivity contribution in [3.8, 4) is 0 Å². The van der Waals surface area contributed by atoms with Gasteiger partial charge in [-0.25, -0.2) is 4.79 Å². The monoisotopic (exact) mass is 320 g/mol. The third-order valence-corrected chi connectivity index (χ3v) is 7.50. The van der Waals surface area contributed by atoms with Crippen molar-refractivity contribution in [2.24, 2.45) is 22.7 Å². The van der Waals surface area contributed by atoms with E-state index in [0.717, 1.165) is 6.42 Å². The number of esters is 1. The van der Waals surface area contributed by atoms with Gasteiger partial charge in [-0.3, -0.25) is 0 Å². The number of carbonyl (C=O) groups is 1. The Morgan fingerprint density at radius 1 is 1.13 bits per heavy atom. The third kappa shape index (κ3) is 2.48. The van der Waals surface area contributed by atoms with Crippen molar-refractivity contribution in [3.05, 3.63) is 12.2 Å². The summed E-state index contributed by atoms with van der Waals surface area (Å²) < 4.78 is 6.26. The van der Waals surface area contributed by atoms with Crippen LogP contribution >= 0.6 is 0 Å². The molecule has 0 radical (unpaired) electrons. The van der Waals surface area contributed by atoms with Crippen molar-refractivity contribution < 1.29 is 9.53 Å². The van der Waals surface area contributed by atoms with E-state index < -0.39 is 0 Å². The molecule has 2 bridgehead atoms. The lowest BCUT2D eigenvalue weighted by molar-refractivity contribution is -0.225. The minimum atomic E-state index is -0.227. The summed E-state index contributed by atoms with van der Waals surface area (Å²) in [4.78, 5) is 12.3. The molecule has 0 aromatic carbocycles. The lowest BCUT2D eigenvalue weighted by Crippen LogP contribution is -2.62. The van der Waals surface area contributed by atoms with Crippen LogP contribution in [0.25, 0.3) is 0 Å². The van der Waals surface area contributed by atoms with Gasteiger partial charge in [0.2, 0.25) is 0 Å². The summed E-state index contributed by atoms with van der Waals surface area (Å²) >= 11 is 0. The SMILES string of the molecule is C=C(C)C(=O)OC12CC3(CC)CCC1(CC3)C(C)CC2C.CC. The van der Waals surface area contributed by atoms with E-state index >= 15 is 0 Å². The van der Waals surface area contributed by atoms with Crippen LogP contribution < -0.4 is 0 Å². The van der Waals surface area contributed by atoms with Gasteiger partial charge < -0.3 is 4.74 Å². The summed E-state index contributed by atoms with van der Waals surface area (Å²) in [6, 6.07) is 0. The Morgan fingerprint density at radius 3 is 2.17 bits per heavy atom. The minimum absolute atomic E-state index is 0.172. The fourth-order valence-corrected chi connectivity index (χ4v) is 6.05. The number of rotatable bonds is 3. The number of fused-ring (bicyclic) bond motifs is 2. The molecule has 2 nitrogen and oxygen atoms in total. The van der Waals surface area contributed by atoms with Crippen molar-refractivity contribution >= 4 is 5.97 Å². The van der Waals surface area contributed by atoms with E-state index in [0.29, 0.717) is 22.8 Å². The molecule has 0 aromatic rings. The van der Waals surface area contributed by atoms with E-state index in [-0.39, 0.29) is 17.0 Å². The van der Waals surface area contributed by atoms with Gasteiger partial charge in [0, 0.05) is 11.0 Å². The number of hydrogen-bond acceptors (Lipinski definition) is 2. The fourth-order valence-electron chi connectivity index (χ4n) is 6.05. The van der Waals surface area contributed by atoms with Crippen molar-refractivity contribution in [2.75, 3.05) is 0 Å². The third-order valence-electron chi connectivity index (χ3n) is 7.50. The molecule has 4 rings (SSSR count). The van der Waals surface area contributed by atoms with Crippen LogP contribution in [0.15, 0.2) is 12.2 Å². The first-order chi connectivity index (χ1) is 10.8. The Balaban J connectivity index is 0.000000924. The summed E-state index contributed by atoms with van der Waals surface area (Å²) in [5, 5.41) is 0. The second kappa shape index (κ2) is 6.26. The standard InChI is InChI=1S/C19H30O2.C2H6/c1-6-17-7-9-18(10-8-17)14(4)11-15(5)19(18,12-17)21-16(20)13(2)3;1-2/h14-15H,2,6-12H2,1,3-5H3;1-2H3. The van der Waals surface area contributed by atoms with Crippen LogP contribution in [0.4, 0.5) is 0 Å². The quantitative estimate of drug-likeness (QED) is 0.477. The van der Waals surface area contributed by atoms with E-state index in [2.05, 4.69) is 27.4 Å². The highest BCUT2D eigenvalue weighted by Crippen LogP contribution is 2.72. The predicted molar refractivity (Wildman–Crippen MR) is 96.2 cm³/mol. The van der Waals surface area contributed by atoms with Gasteiger partial charge in [0.25, 0.3) is 0 Å². The molecular weight excluding hydrogens is 284 g/mol. The van der Waals surface area contributed by atoms with Crippen molar-refractivity contribution in [3.63, 3.8) is 0 Å². The van der Waals surface area contributed by atoms with Crippen LogP contribution in [-0.2, 0) is 9.53 Å². The normalized spacial score (nSPS) is 44.1. The minimum Gasteiger partial charge on any atom is -0.455 e. The Hall–Kier alpha value is -0.790. The molecule has 3 atom stereocenters. The van der Waals surface area contributed by atoms with Gasteiger partial charge in [0.1, 0.15) is 5.60 Å². The highest BCUT2D eigenvalue weighted by Gasteiger charge is 2.71. The Morgan fingerprint density at radius 2 is 1.70 bits per heavy atom. The molecule has 0 heterocycles. The molecular formula is C21H36O2. The van der Waals surface area contributed by atoms with E-state index in [9.17, 15) is 4.79 Å². The van der Waals surface area contributed by atoms with Gasteiger partial charge in [-0.1, -0.05) is 47.6 Å². The molecule has 132 valence electrons. The molecule has 23 heavy (non-hydrogen) atoms. The summed E-state index contributed by atoms with van der Waals surface area (Å²) in [6.45, 7) is 16.6. The maximum absolute atomic E-state index is 12.3. The molecule has 3 unspecified atom stereocenters. The zero-order valence-corrected chi connectivity index (χ0v) is 16.1. The molecule has 4 aliphatic rings. The van der Waals surface area contributed by atoms with Gasteiger partial charge in [-0.2, -0.15) is 0 Å². The first kappa shape index (κ1) is 18.5. The molecule has 0 amide bonds. The van der Waals surface area contributed by atoms with Crippen LogP contribution in [0, 0.1) is 22.7 Å². The van der Waals surface area contributed by atoms with E-state index in [1.807, 2.05) is 13.8 Å². The molecule has 0 aromatic heterocycles. The maximum atomic E-state index is 12.3. The van der Waals surface area contributed by atoms with Crippen molar-refractivity contribution in [1.82, 2.24) is 0 Å². The molecule has 0 aliphatic heterocycles. The lowest BCUT2D eigenvalue weighted by atomic mass is 9.45. The molecule has 0 saturated heterocycles. The Bertz CT molecular complexity index is 470. The summed E-state index contributed by atoms with van der Waals surface area (Å²) in [5.74, 6) is 0.969. The first-order valence-corrected chi connectivity index (χ1v) is 9.70. The summed E-state index contributed by atoms with van der Waals surface area (Å²) in [7, 11) is 0. The summed E-state index contributed by atoms with van der Waals surface area (Å²) in [6.07, 6.45) is 8.65. The van der Waals surface area contributed by atoms with E-state index in [4.69, 9.17) is 4.74 Å². The lowest BCUT2D eigenvalue weighted by Gasteiger charge is -2.63. The first-order valence-electron chi connectivity index (χ1n) is 9.70. The van der Waals surface area contributed by atoms with Crippen LogP contribution in [0.3, 0.4) is 0 Å². The van der Waals surface area contributed by atoms with Crippen molar-refractivity contribution in [2.45, 2.75) is 92.1 Å². The zero-order chi connectivity index (χ0) is 17.5. The average Bonchev–Trinajstić information content (AvgIpc) is 2.77. The molecule has 4 saturated carbocycles. The van der Waals surface area contributed by atoms with Crippen LogP contribution in [0.5, 0.6) is 0 Å². The van der Waals surface area contributed by atoms with Crippen LogP contribution in [0.1, 0.15) is 86.5 Å². The maximum Gasteiger partial charge on any atom is 0.333 e. The molecule has 4 fully saturated rings. The van der Waals surface area contributed by atoms with Crippen molar-refractivity contribution in [1.29, 1.82) is 0 Å². The predicted octanol–water partition coefficient (Wildman–Crippen LogP) is 5.91. The largest absolute Gasteiger partial charge is 0.455 e. The van der Waals surface area contributed by atoms with Crippen LogP contribution in [-0.4, -0.2) is 11.6 Å². The second-order valence-electron chi connectivity index (χ2n) is 8.28. The van der Waals surface area contributed by atoms with Crippen LogP contribution in [0.2, 0.25) is 0 Å². The highest BCUT2D eigenvalue weighted by molar-refractivity contribution is 5.87. The molecule has 4 aliphatic carbocycles. The zero-order valence-electron chi connectivity index (χ0n) is 16.1. The second-order valence-corrected chi connectivity index (χ2v) is 8.28. The summed E-state index contributed by atoms with van der Waals surface area (Å²) in [5.41, 5.74) is 0.956. The molecule has 2 heteroatoms. The van der Waals surface area contributed by atoms with E-state index in [1.165, 1.54) is 38.5 Å². The molecule has 1 spiro atoms. The van der Waals surface area contributed by atoms with Gasteiger partial charge in [-0.15, -0.1) is 0 Å². The van der Waals surface area contributed by atoms with E-state index in [1.54, 1.807) is 6.92 Å². The van der Waals surface area contributed by atoms with Gasteiger partial charge in [0.15, 0.2) is 0 Å². The molecule has 0 N–H and O–H groups in total. The van der Waals surface area contributed by atoms with Gasteiger partial charge in [-0.05, 0) is 62.7 Å². The smallest absolute Gasteiger partial charge is 0.333 e. The van der Waals surface area contributed by atoms with Gasteiger partial charge in [0.05, 0.1) is 0 Å². The number of hydrogen-bond donors (Lipinski definition) is 0. The fraction of sp³-hybridized carbons (Fsp3) is 0.857. The number of carbonyl (C=O) groups excluding carboxylic acids is 1. The Kier molecular flexibility index (Phi) is 5.05. The number of ether oxygens (including phenoxy) is 1. The topological polar surface area (TPSA) is 26.3 Å². The Labute approximate surface area is 143 Å².